The van der Waals surface area contributed by atoms with E-state index in [4.69, 9.17) is 0 Å². The third kappa shape index (κ3) is 7.52. The Morgan fingerprint density at radius 3 is 1.65 bits per heavy atom. The third-order valence-electron chi connectivity index (χ3n) is 17.9. The van der Waals surface area contributed by atoms with Gasteiger partial charge in [0.05, 0.1) is 10.7 Å². The molecule has 2 aliphatic carbocycles. The van der Waals surface area contributed by atoms with Crippen LogP contribution in [0.3, 0.4) is 0 Å². The Morgan fingerprint density at radius 2 is 1.01 bits per heavy atom. The number of aryl methyl sites for hydroxylation is 1. The highest BCUT2D eigenvalue weighted by atomic mass is 32.1. The van der Waals surface area contributed by atoms with Crippen molar-refractivity contribution >= 4 is 78.0 Å². The predicted octanol–water partition coefficient (Wildman–Crippen LogP) is 17.5. The molecule has 0 atom stereocenters. The maximum atomic E-state index is 2.80. The highest BCUT2D eigenvalue weighted by Gasteiger charge is 2.50. The summed E-state index contributed by atoms with van der Waals surface area (Å²) in [6.45, 7) is 43.5. The van der Waals surface area contributed by atoms with E-state index in [1.165, 1.54) is 135 Å². The summed E-state index contributed by atoms with van der Waals surface area (Å²) in [5.74, 6) is 0. The monoisotopic (exact) mass is 955 g/mol. The van der Waals surface area contributed by atoms with Crippen LogP contribution in [0.2, 0.25) is 0 Å². The minimum absolute atomic E-state index is 0.00749. The fourth-order valence-corrected chi connectivity index (χ4v) is 14.4. The predicted molar refractivity (Wildman–Crippen MR) is 313 cm³/mol. The number of thiophene rings is 1. The van der Waals surface area contributed by atoms with Crippen LogP contribution >= 0.6 is 11.3 Å². The highest BCUT2D eigenvalue weighted by Crippen LogP contribution is 2.56. The maximum Gasteiger partial charge on any atom is 0.254 e. The maximum absolute atomic E-state index is 2.80. The molecule has 1 aromatic heterocycles. The van der Waals surface area contributed by atoms with Gasteiger partial charge < -0.3 is 9.80 Å². The molecule has 366 valence electrons. The van der Waals surface area contributed by atoms with Crippen molar-refractivity contribution in [1.82, 2.24) is 0 Å². The van der Waals surface area contributed by atoms with Crippen molar-refractivity contribution in [2.24, 2.45) is 0 Å². The first-order valence-corrected chi connectivity index (χ1v) is 27.7. The Labute approximate surface area is 432 Å². The summed E-state index contributed by atoms with van der Waals surface area (Å²) in [6.07, 6.45) is 4.69. The van der Waals surface area contributed by atoms with E-state index in [2.05, 4.69) is 238 Å². The van der Waals surface area contributed by atoms with Crippen molar-refractivity contribution < 1.29 is 0 Å². The van der Waals surface area contributed by atoms with Crippen molar-refractivity contribution in [3.8, 4) is 11.1 Å². The van der Waals surface area contributed by atoms with Gasteiger partial charge in [-0.2, -0.15) is 0 Å². The zero-order valence-electron chi connectivity index (χ0n) is 46.5. The molecule has 0 saturated heterocycles. The number of nitrogens with zero attached hydrogens (tertiary/aromatic N) is 2. The molecular weight excluding hydrogens is 876 g/mol. The average Bonchev–Trinajstić information content (AvgIpc) is 3.66. The van der Waals surface area contributed by atoms with Gasteiger partial charge in [-0.15, -0.1) is 11.3 Å². The largest absolute Gasteiger partial charge is 0.310 e. The van der Waals surface area contributed by atoms with Gasteiger partial charge >= 0.3 is 0 Å². The fourth-order valence-electron chi connectivity index (χ4n) is 13.1. The summed E-state index contributed by atoms with van der Waals surface area (Å²) in [4.78, 5) is 5.45. The van der Waals surface area contributed by atoms with Crippen LogP contribution in [-0.2, 0) is 37.9 Å². The second-order valence-corrected chi connectivity index (χ2v) is 29.1. The van der Waals surface area contributed by atoms with E-state index in [9.17, 15) is 0 Å². The Hall–Kier alpha value is -5.06. The van der Waals surface area contributed by atoms with Gasteiger partial charge in [0.2, 0.25) is 0 Å². The molecule has 7 aromatic rings. The smallest absolute Gasteiger partial charge is 0.254 e. The van der Waals surface area contributed by atoms with E-state index >= 15 is 0 Å². The topological polar surface area (TPSA) is 6.48 Å². The zero-order chi connectivity index (χ0) is 50.9. The number of anilines is 6. The molecule has 0 spiro atoms. The first-order valence-electron chi connectivity index (χ1n) is 26.9. The minimum atomic E-state index is -0.0556. The summed E-state index contributed by atoms with van der Waals surface area (Å²) in [6, 6.07) is 42.2. The molecule has 0 radical (unpaired) electrons. The average molecular weight is 955 g/mol. The first-order chi connectivity index (χ1) is 33.0. The van der Waals surface area contributed by atoms with Gasteiger partial charge in [0.15, 0.2) is 0 Å². The van der Waals surface area contributed by atoms with Crippen molar-refractivity contribution in [2.45, 2.75) is 188 Å². The van der Waals surface area contributed by atoms with E-state index in [-0.39, 0.29) is 44.6 Å². The second kappa shape index (κ2) is 15.5. The van der Waals surface area contributed by atoms with Gasteiger partial charge in [0.25, 0.3) is 6.71 Å². The van der Waals surface area contributed by atoms with E-state index in [0.29, 0.717) is 0 Å². The van der Waals surface area contributed by atoms with E-state index < -0.39 is 0 Å². The van der Waals surface area contributed by atoms with Crippen LogP contribution in [-0.4, -0.2) is 6.71 Å². The lowest BCUT2D eigenvalue weighted by atomic mass is 9.33. The Balaban J connectivity index is 1.29. The van der Waals surface area contributed by atoms with Gasteiger partial charge in [-0.3, -0.25) is 0 Å². The lowest BCUT2D eigenvalue weighted by Crippen LogP contribution is -2.61. The standard InChI is InChI=1S/C67H79BN2S/c1-40-35-53-58-54(36-40)70(52-29-22-43(62(5,6)7)38-46(52)41-19-26-48-50(37-41)66(15,16)32-31-64(48,11)12)59-51(28-27-49-56(59)67(17,18)34-33-65(49,13)14)68(58)57-47-39-44(63(8,9)10)23-30-55(47)71-60(57)69(53)45-24-20-42(21-25-45)61(2,3)4/h19-30,35-39H,31-34H2,1-18H3. The zero-order valence-corrected chi connectivity index (χ0v) is 47.3. The van der Waals surface area contributed by atoms with Crippen LogP contribution < -0.4 is 26.2 Å². The van der Waals surface area contributed by atoms with E-state index in [1.807, 2.05) is 11.3 Å². The summed E-state index contributed by atoms with van der Waals surface area (Å²) in [7, 11) is 0. The van der Waals surface area contributed by atoms with Gasteiger partial charge in [0, 0.05) is 33.0 Å². The number of benzene rings is 6. The number of rotatable bonds is 3. The number of hydrogen-bond acceptors (Lipinski definition) is 3. The molecule has 0 bridgehead atoms. The molecule has 4 heteroatoms. The van der Waals surface area contributed by atoms with Crippen molar-refractivity contribution in [3.63, 3.8) is 0 Å². The fraction of sp³-hybridized carbons (Fsp3) is 0.433. The van der Waals surface area contributed by atoms with Crippen LogP contribution in [0, 0.1) is 6.92 Å². The van der Waals surface area contributed by atoms with Gasteiger partial charge in [-0.25, -0.2) is 0 Å². The molecule has 0 N–H and O–H groups in total. The van der Waals surface area contributed by atoms with Crippen LogP contribution in [0.4, 0.5) is 33.4 Å². The van der Waals surface area contributed by atoms with Crippen LogP contribution in [0.5, 0.6) is 0 Å². The SMILES string of the molecule is Cc1cc2c3c(c1)N(c1ccc(C(C)(C)C)cc1-c1ccc4c(c1)C(C)(C)CCC4(C)C)c1c(ccc4c1C(C)(C)CCC4(C)C)B3c1c(sc3ccc(C(C)(C)C)cc13)N2c1ccc(C(C)(C)C)cc1. The summed E-state index contributed by atoms with van der Waals surface area (Å²) in [5, 5.41) is 2.73. The molecule has 0 saturated carbocycles. The Bertz CT molecular complexity index is 3330. The lowest BCUT2D eigenvalue weighted by molar-refractivity contribution is 0.332. The Morgan fingerprint density at radius 1 is 0.479 bits per heavy atom. The molecule has 0 amide bonds. The van der Waals surface area contributed by atoms with Crippen LogP contribution in [0.1, 0.15) is 188 Å². The highest BCUT2D eigenvalue weighted by molar-refractivity contribution is 7.26. The first kappa shape index (κ1) is 48.2. The number of hydrogen-bond donors (Lipinski definition) is 0. The third-order valence-corrected chi connectivity index (χ3v) is 19.1. The molecule has 11 rings (SSSR count). The summed E-state index contributed by atoms with van der Waals surface area (Å²) in [5.41, 5.74) is 25.0. The summed E-state index contributed by atoms with van der Waals surface area (Å²) >= 11 is 1.98. The molecule has 71 heavy (non-hydrogen) atoms. The van der Waals surface area contributed by atoms with Gasteiger partial charge in [-0.05, 0) is 185 Å². The molecule has 2 nitrogen and oxygen atoms in total. The van der Waals surface area contributed by atoms with Crippen molar-refractivity contribution in [1.29, 1.82) is 0 Å². The van der Waals surface area contributed by atoms with Gasteiger partial charge in [0.1, 0.15) is 0 Å². The lowest BCUT2D eigenvalue weighted by Gasteiger charge is -2.49. The number of fused-ring (bicyclic) bond motifs is 9. The molecule has 3 heterocycles. The van der Waals surface area contributed by atoms with E-state index in [0.717, 1.165) is 6.42 Å². The quantitative estimate of drug-likeness (QED) is 0.163. The molecule has 6 aromatic carbocycles. The van der Waals surface area contributed by atoms with Crippen molar-refractivity contribution in [3.05, 3.63) is 148 Å². The molecule has 4 aliphatic rings. The normalized spacial score (nSPS) is 18.4. The molecule has 0 unspecified atom stereocenters. The molecule has 2 aliphatic heterocycles. The Kier molecular flexibility index (Phi) is 10.5. The summed E-state index contributed by atoms with van der Waals surface area (Å²) < 4.78 is 1.35. The van der Waals surface area contributed by atoms with Crippen LogP contribution in [0.15, 0.2) is 103 Å². The molecular formula is C67H79BN2S. The minimum Gasteiger partial charge on any atom is -0.310 e. The van der Waals surface area contributed by atoms with E-state index in [1.54, 1.807) is 0 Å². The van der Waals surface area contributed by atoms with Gasteiger partial charge in [-0.1, -0.05) is 178 Å². The van der Waals surface area contributed by atoms with Crippen molar-refractivity contribution in [2.75, 3.05) is 9.80 Å². The molecule has 0 fully saturated rings. The van der Waals surface area contributed by atoms with Crippen LogP contribution in [0.25, 0.3) is 21.2 Å². The second-order valence-electron chi connectivity index (χ2n) is 28.1.